The van der Waals surface area contributed by atoms with Crippen LogP contribution in [0.25, 0.3) is 0 Å². The SMILES string of the molecule is CCCCN(C)C(=O)C(=O)NCC(OC)OC. The van der Waals surface area contributed by atoms with Gasteiger partial charge in [0, 0.05) is 27.8 Å². The number of carbonyl (C=O) groups excluding carboxylic acids is 2. The number of nitrogens with one attached hydrogen (secondary N) is 1. The van der Waals surface area contributed by atoms with Crippen LogP contribution in [0.2, 0.25) is 0 Å². The summed E-state index contributed by atoms with van der Waals surface area (Å²) < 4.78 is 9.79. The Morgan fingerprint density at radius 3 is 2.35 bits per heavy atom. The van der Waals surface area contributed by atoms with Crippen molar-refractivity contribution >= 4 is 11.8 Å². The van der Waals surface area contributed by atoms with Gasteiger partial charge in [0.05, 0.1) is 6.54 Å². The Hall–Kier alpha value is -1.14. The first-order chi connectivity index (χ1) is 8.06. The lowest BCUT2D eigenvalue weighted by atomic mass is 10.3. The highest BCUT2D eigenvalue weighted by Crippen LogP contribution is 1.93. The molecule has 0 aromatic heterocycles. The van der Waals surface area contributed by atoms with E-state index in [1.54, 1.807) is 7.05 Å². The summed E-state index contributed by atoms with van der Waals surface area (Å²) >= 11 is 0. The van der Waals surface area contributed by atoms with Gasteiger partial charge in [0.2, 0.25) is 0 Å². The van der Waals surface area contributed by atoms with Gasteiger partial charge in [0.1, 0.15) is 0 Å². The molecule has 0 saturated carbocycles. The Labute approximate surface area is 102 Å². The molecule has 0 unspecified atom stereocenters. The maximum absolute atomic E-state index is 11.6. The molecule has 17 heavy (non-hydrogen) atoms. The molecule has 0 heterocycles. The summed E-state index contributed by atoms with van der Waals surface area (Å²) in [6.45, 7) is 2.76. The molecular weight excluding hydrogens is 224 g/mol. The lowest BCUT2D eigenvalue weighted by Crippen LogP contribution is -2.44. The van der Waals surface area contributed by atoms with Gasteiger partial charge in [-0.25, -0.2) is 0 Å². The average molecular weight is 246 g/mol. The van der Waals surface area contributed by atoms with Gasteiger partial charge < -0.3 is 19.7 Å². The third kappa shape index (κ3) is 6.23. The lowest BCUT2D eigenvalue weighted by Gasteiger charge is -2.17. The Morgan fingerprint density at radius 2 is 1.88 bits per heavy atom. The third-order valence-corrected chi connectivity index (χ3v) is 2.34. The van der Waals surface area contributed by atoms with E-state index in [9.17, 15) is 9.59 Å². The fourth-order valence-corrected chi connectivity index (χ4v) is 1.18. The number of likely N-dealkylation sites (N-methyl/N-ethyl adjacent to an activating group) is 1. The average Bonchev–Trinajstić information content (AvgIpc) is 2.35. The summed E-state index contributed by atoms with van der Waals surface area (Å²) in [7, 11) is 4.55. The molecule has 0 atom stereocenters. The minimum atomic E-state index is -0.636. The van der Waals surface area contributed by atoms with E-state index in [-0.39, 0.29) is 6.54 Å². The Kier molecular flexibility index (Phi) is 8.35. The molecule has 6 heteroatoms. The van der Waals surface area contributed by atoms with Crippen molar-refractivity contribution in [3.8, 4) is 0 Å². The maximum Gasteiger partial charge on any atom is 0.311 e. The topological polar surface area (TPSA) is 67.9 Å². The van der Waals surface area contributed by atoms with Gasteiger partial charge in [-0.05, 0) is 6.42 Å². The van der Waals surface area contributed by atoms with Crippen molar-refractivity contribution in [3.05, 3.63) is 0 Å². The summed E-state index contributed by atoms with van der Waals surface area (Å²) in [5, 5.41) is 2.46. The second-order valence-electron chi connectivity index (χ2n) is 3.69. The van der Waals surface area contributed by atoms with Crippen LogP contribution in [0.1, 0.15) is 19.8 Å². The Bertz CT molecular complexity index is 242. The van der Waals surface area contributed by atoms with Crippen LogP contribution in [0.4, 0.5) is 0 Å². The minimum absolute atomic E-state index is 0.152. The van der Waals surface area contributed by atoms with Gasteiger partial charge >= 0.3 is 11.8 Å². The van der Waals surface area contributed by atoms with Crippen LogP contribution in [0.3, 0.4) is 0 Å². The first-order valence-electron chi connectivity index (χ1n) is 5.65. The number of rotatable bonds is 7. The molecular formula is C11H22N2O4. The van der Waals surface area contributed by atoms with Crippen LogP contribution in [0.5, 0.6) is 0 Å². The van der Waals surface area contributed by atoms with Crippen molar-refractivity contribution in [2.24, 2.45) is 0 Å². The molecule has 2 amide bonds. The van der Waals surface area contributed by atoms with Crippen molar-refractivity contribution in [1.82, 2.24) is 10.2 Å². The summed E-state index contributed by atoms with van der Waals surface area (Å²) in [5.41, 5.74) is 0. The molecule has 0 rings (SSSR count). The van der Waals surface area contributed by atoms with E-state index in [0.29, 0.717) is 6.54 Å². The first kappa shape index (κ1) is 15.9. The summed E-state index contributed by atoms with van der Waals surface area (Å²) in [6.07, 6.45) is 1.33. The molecule has 0 bridgehead atoms. The molecule has 0 aromatic carbocycles. The molecule has 0 radical (unpaired) electrons. The number of hydrogen-bond acceptors (Lipinski definition) is 4. The lowest BCUT2D eigenvalue weighted by molar-refractivity contribution is -0.147. The zero-order valence-electron chi connectivity index (χ0n) is 11.0. The van der Waals surface area contributed by atoms with Crippen LogP contribution in [-0.4, -0.2) is 57.4 Å². The molecule has 0 spiro atoms. The molecule has 0 aromatic rings. The van der Waals surface area contributed by atoms with Gasteiger partial charge in [0.15, 0.2) is 6.29 Å². The van der Waals surface area contributed by atoms with Crippen molar-refractivity contribution in [1.29, 1.82) is 0 Å². The van der Waals surface area contributed by atoms with E-state index in [1.165, 1.54) is 19.1 Å². The number of carbonyl (C=O) groups is 2. The van der Waals surface area contributed by atoms with Crippen LogP contribution >= 0.6 is 0 Å². The summed E-state index contributed by atoms with van der Waals surface area (Å²) in [6, 6.07) is 0. The predicted octanol–water partition coefficient (Wildman–Crippen LogP) is -0.0200. The second-order valence-corrected chi connectivity index (χ2v) is 3.69. The molecule has 1 N–H and O–H groups in total. The summed E-state index contributed by atoms with van der Waals surface area (Å²) in [4.78, 5) is 24.5. The highest BCUT2D eigenvalue weighted by atomic mass is 16.7. The molecule has 6 nitrogen and oxygen atoms in total. The fourth-order valence-electron chi connectivity index (χ4n) is 1.18. The minimum Gasteiger partial charge on any atom is -0.354 e. The van der Waals surface area contributed by atoms with Crippen LogP contribution < -0.4 is 5.32 Å². The molecule has 100 valence electrons. The van der Waals surface area contributed by atoms with E-state index in [1.807, 2.05) is 6.92 Å². The largest absolute Gasteiger partial charge is 0.354 e. The van der Waals surface area contributed by atoms with E-state index >= 15 is 0 Å². The first-order valence-corrected chi connectivity index (χ1v) is 5.65. The Morgan fingerprint density at radius 1 is 1.29 bits per heavy atom. The third-order valence-electron chi connectivity index (χ3n) is 2.34. The fraction of sp³-hybridized carbons (Fsp3) is 0.818. The number of ether oxygens (including phenoxy) is 2. The second kappa shape index (κ2) is 8.95. The maximum atomic E-state index is 11.6. The van der Waals surface area contributed by atoms with Gasteiger partial charge in [-0.15, -0.1) is 0 Å². The highest BCUT2D eigenvalue weighted by Gasteiger charge is 2.18. The summed E-state index contributed by atoms with van der Waals surface area (Å²) in [5.74, 6) is -1.17. The van der Waals surface area contributed by atoms with E-state index < -0.39 is 18.1 Å². The van der Waals surface area contributed by atoms with Gasteiger partial charge in [-0.3, -0.25) is 9.59 Å². The van der Waals surface area contributed by atoms with Gasteiger partial charge in [0.25, 0.3) is 0 Å². The van der Waals surface area contributed by atoms with E-state index in [2.05, 4.69) is 5.32 Å². The quantitative estimate of drug-likeness (QED) is 0.506. The van der Waals surface area contributed by atoms with Crippen LogP contribution in [0, 0.1) is 0 Å². The van der Waals surface area contributed by atoms with Crippen LogP contribution in [0.15, 0.2) is 0 Å². The number of nitrogens with zero attached hydrogens (tertiary/aromatic N) is 1. The normalized spacial score (nSPS) is 10.4. The van der Waals surface area contributed by atoms with Crippen molar-refractivity contribution < 1.29 is 19.1 Å². The van der Waals surface area contributed by atoms with Crippen LogP contribution in [-0.2, 0) is 19.1 Å². The zero-order valence-corrected chi connectivity index (χ0v) is 11.0. The molecule has 0 fully saturated rings. The van der Waals surface area contributed by atoms with Crippen molar-refractivity contribution in [3.63, 3.8) is 0 Å². The molecule has 0 saturated heterocycles. The van der Waals surface area contributed by atoms with Crippen molar-refractivity contribution in [2.45, 2.75) is 26.1 Å². The molecule has 0 aliphatic rings. The van der Waals surface area contributed by atoms with E-state index in [0.717, 1.165) is 12.8 Å². The Balaban J connectivity index is 4.00. The van der Waals surface area contributed by atoms with Crippen molar-refractivity contribution in [2.75, 3.05) is 34.4 Å². The number of amides is 2. The standard InChI is InChI=1S/C11H22N2O4/c1-5-6-7-13(2)11(15)10(14)12-8-9(16-3)17-4/h9H,5-8H2,1-4H3,(H,12,14). The van der Waals surface area contributed by atoms with Gasteiger partial charge in [-0.2, -0.15) is 0 Å². The number of unbranched alkanes of at least 4 members (excludes halogenated alkanes) is 1. The monoisotopic (exact) mass is 246 g/mol. The number of hydrogen-bond donors (Lipinski definition) is 1. The smallest absolute Gasteiger partial charge is 0.311 e. The molecule has 0 aliphatic heterocycles. The zero-order chi connectivity index (χ0) is 13.3. The highest BCUT2D eigenvalue weighted by molar-refractivity contribution is 6.34. The predicted molar refractivity (Wildman–Crippen MR) is 63.4 cm³/mol. The van der Waals surface area contributed by atoms with Gasteiger partial charge in [-0.1, -0.05) is 13.3 Å². The molecule has 0 aliphatic carbocycles. The van der Waals surface area contributed by atoms with E-state index in [4.69, 9.17) is 9.47 Å². The number of methoxy groups -OCH3 is 2.